The van der Waals surface area contributed by atoms with Gasteiger partial charge in [0, 0.05) is 11.6 Å². The second-order valence-electron chi connectivity index (χ2n) is 4.02. The van der Waals surface area contributed by atoms with E-state index < -0.39 is 0 Å². The lowest BCUT2D eigenvalue weighted by Crippen LogP contribution is -2.07. The molecule has 0 spiro atoms. The highest BCUT2D eigenvalue weighted by Gasteiger charge is 2.05. The summed E-state index contributed by atoms with van der Waals surface area (Å²) in [7, 11) is 0. The molecule has 1 heterocycles. The van der Waals surface area contributed by atoms with Gasteiger partial charge in [0.05, 0.1) is 18.5 Å². The number of hydrogen-bond acceptors (Lipinski definition) is 3. The number of nitrogens with zero attached hydrogens (tertiary/aromatic N) is 1. The average molecular weight is 229 g/mol. The summed E-state index contributed by atoms with van der Waals surface area (Å²) in [4.78, 5) is 15.7. The molecule has 17 heavy (non-hydrogen) atoms. The first kappa shape index (κ1) is 11.6. The summed E-state index contributed by atoms with van der Waals surface area (Å²) in [5.41, 5.74) is 3.03. The molecule has 2 aromatic rings. The zero-order valence-corrected chi connectivity index (χ0v) is 10.1. The van der Waals surface area contributed by atoms with Crippen molar-refractivity contribution in [2.24, 2.45) is 0 Å². The van der Waals surface area contributed by atoms with Crippen LogP contribution in [0.25, 0.3) is 10.9 Å². The molecule has 0 unspecified atom stereocenters. The molecule has 0 bridgehead atoms. The van der Waals surface area contributed by atoms with E-state index in [0.29, 0.717) is 13.0 Å². The van der Waals surface area contributed by atoms with Gasteiger partial charge in [-0.25, -0.2) is 0 Å². The molecule has 0 aliphatic heterocycles. The lowest BCUT2D eigenvalue weighted by atomic mass is 10.1. The van der Waals surface area contributed by atoms with Crippen molar-refractivity contribution >= 4 is 16.9 Å². The maximum absolute atomic E-state index is 11.4. The monoisotopic (exact) mass is 229 g/mol. The molecule has 1 aromatic carbocycles. The molecular formula is C14H15NO2. The van der Waals surface area contributed by atoms with E-state index >= 15 is 0 Å². The van der Waals surface area contributed by atoms with Crippen LogP contribution < -0.4 is 0 Å². The molecular weight excluding hydrogens is 214 g/mol. The average Bonchev–Trinajstić information content (AvgIpc) is 2.28. The summed E-state index contributed by atoms with van der Waals surface area (Å²) in [6, 6.07) is 7.91. The van der Waals surface area contributed by atoms with E-state index in [-0.39, 0.29) is 5.97 Å². The molecule has 3 nitrogen and oxygen atoms in total. The van der Waals surface area contributed by atoms with Crippen molar-refractivity contribution in [1.82, 2.24) is 4.98 Å². The molecule has 0 N–H and O–H groups in total. The van der Waals surface area contributed by atoms with E-state index in [9.17, 15) is 4.79 Å². The SMILES string of the molecule is CCOC(=O)Cc1ccc2ncc(C)cc2c1. The third-order valence-electron chi connectivity index (χ3n) is 2.54. The first-order valence-corrected chi connectivity index (χ1v) is 5.70. The smallest absolute Gasteiger partial charge is 0.310 e. The van der Waals surface area contributed by atoms with Crippen LogP contribution in [0.15, 0.2) is 30.5 Å². The Bertz CT molecular complexity index is 549. The molecule has 0 radical (unpaired) electrons. The van der Waals surface area contributed by atoms with Gasteiger partial charge >= 0.3 is 5.97 Å². The number of aryl methyl sites for hydroxylation is 1. The largest absolute Gasteiger partial charge is 0.466 e. The Kier molecular flexibility index (Phi) is 3.38. The quantitative estimate of drug-likeness (QED) is 0.759. The number of carbonyl (C=O) groups is 1. The van der Waals surface area contributed by atoms with Crippen LogP contribution in [0.1, 0.15) is 18.1 Å². The van der Waals surface area contributed by atoms with E-state index in [1.165, 1.54) is 0 Å². The fourth-order valence-corrected chi connectivity index (χ4v) is 1.78. The van der Waals surface area contributed by atoms with E-state index in [1.54, 1.807) is 0 Å². The van der Waals surface area contributed by atoms with Crippen molar-refractivity contribution in [2.45, 2.75) is 20.3 Å². The van der Waals surface area contributed by atoms with Crippen LogP contribution in [0.2, 0.25) is 0 Å². The second-order valence-corrected chi connectivity index (χ2v) is 4.02. The molecule has 3 heteroatoms. The van der Waals surface area contributed by atoms with Gasteiger partial charge in [0.15, 0.2) is 0 Å². The van der Waals surface area contributed by atoms with Crippen molar-refractivity contribution in [2.75, 3.05) is 6.61 Å². The number of rotatable bonds is 3. The van der Waals surface area contributed by atoms with Crippen LogP contribution in [-0.2, 0) is 16.0 Å². The van der Waals surface area contributed by atoms with Gasteiger partial charge in [-0.3, -0.25) is 9.78 Å². The highest BCUT2D eigenvalue weighted by Crippen LogP contribution is 2.15. The third-order valence-corrected chi connectivity index (χ3v) is 2.54. The van der Waals surface area contributed by atoms with Gasteiger partial charge in [0.25, 0.3) is 0 Å². The van der Waals surface area contributed by atoms with Crippen LogP contribution in [0.5, 0.6) is 0 Å². The molecule has 0 fully saturated rings. The maximum Gasteiger partial charge on any atom is 0.310 e. The summed E-state index contributed by atoms with van der Waals surface area (Å²) in [6.45, 7) is 4.24. The van der Waals surface area contributed by atoms with Gasteiger partial charge in [-0.1, -0.05) is 6.07 Å². The van der Waals surface area contributed by atoms with Crippen molar-refractivity contribution in [3.05, 3.63) is 41.6 Å². The van der Waals surface area contributed by atoms with Gasteiger partial charge < -0.3 is 4.74 Å². The third kappa shape index (κ3) is 2.81. The highest BCUT2D eigenvalue weighted by molar-refractivity contribution is 5.81. The Labute approximate surface area is 100 Å². The minimum absolute atomic E-state index is 0.188. The molecule has 1 aromatic heterocycles. The Morgan fingerprint density at radius 3 is 2.94 bits per heavy atom. The number of ether oxygens (including phenoxy) is 1. The standard InChI is InChI=1S/C14H15NO2/c1-3-17-14(16)8-11-4-5-13-12(7-11)6-10(2)9-15-13/h4-7,9H,3,8H2,1-2H3. The Hall–Kier alpha value is -1.90. The van der Waals surface area contributed by atoms with Crippen molar-refractivity contribution in [3.63, 3.8) is 0 Å². The van der Waals surface area contributed by atoms with Gasteiger partial charge in [0.2, 0.25) is 0 Å². The van der Waals surface area contributed by atoms with Crippen LogP contribution >= 0.6 is 0 Å². The predicted octanol–water partition coefficient (Wildman–Crippen LogP) is 2.65. The number of aromatic nitrogens is 1. The molecule has 0 saturated carbocycles. The summed E-state index contributed by atoms with van der Waals surface area (Å²) in [5.74, 6) is -0.188. The normalized spacial score (nSPS) is 10.5. The fraction of sp³-hybridized carbons (Fsp3) is 0.286. The molecule has 2 rings (SSSR count). The molecule has 0 atom stereocenters. The second kappa shape index (κ2) is 4.95. The first-order valence-electron chi connectivity index (χ1n) is 5.70. The molecule has 0 aliphatic rings. The van der Waals surface area contributed by atoms with Crippen molar-refractivity contribution in [1.29, 1.82) is 0 Å². The minimum Gasteiger partial charge on any atom is -0.466 e. The Balaban J connectivity index is 2.27. The van der Waals surface area contributed by atoms with Crippen molar-refractivity contribution in [3.8, 4) is 0 Å². The van der Waals surface area contributed by atoms with Crippen LogP contribution in [0, 0.1) is 6.92 Å². The Morgan fingerprint density at radius 2 is 2.18 bits per heavy atom. The van der Waals surface area contributed by atoms with Gasteiger partial charge in [-0.15, -0.1) is 0 Å². The van der Waals surface area contributed by atoms with E-state index in [0.717, 1.165) is 22.0 Å². The highest BCUT2D eigenvalue weighted by atomic mass is 16.5. The number of pyridine rings is 1. The van der Waals surface area contributed by atoms with Gasteiger partial charge in [0.1, 0.15) is 0 Å². The minimum atomic E-state index is -0.188. The summed E-state index contributed by atoms with van der Waals surface area (Å²) >= 11 is 0. The topological polar surface area (TPSA) is 39.2 Å². The first-order chi connectivity index (χ1) is 8.19. The van der Waals surface area contributed by atoms with Crippen LogP contribution in [0.4, 0.5) is 0 Å². The number of benzene rings is 1. The van der Waals surface area contributed by atoms with Crippen molar-refractivity contribution < 1.29 is 9.53 Å². The zero-order chi connectivity index (χ0) is 12.3. The summed E-state index contributed by atoms with van der Waals surface area (Å²) in [6.07, 6.45) is 2.16. The molecule has 88 valence electrons. The summed E-state index contributed by atoms with van der Waals surface area (Å²) < 4.78 is 4.93. The van der Waals surface area contributed by atoms with Gasteiger partial charge in [-0.05, 0) is 43.2 Å². The van der Waals surface area contributed by atoms with Crippen LogP contribution in [-0.4, -0.2) is 17.6 Å². The molecule has 0 amide bonds. The van der Waals surface area contributed by atoms with E-state index in [2.05, 4.69) is 11.1 Å². The number of carbonyl (C=O) groups excluding carboxylic acids is 1. The molecule has 0 aliphatic carbocycles. The van der Waals surface area contributed by atoms with Crippen LogP contribution in [0.3, 0.4) is 0 Å². The number of fused-ring (bicyclic) bond motifs is 1. The lowest BCUT2D eigenvalue weighted by Gasteiger charge is -2.04. The number of hydrogen-bond donors (Lipinski definition) is 0. The fourth-order valence-electron chi connectivity index (χ4n) is 1.78. The van der Waals surface area contributed by atoms with E-state index in [4.69, 9.17) is 4.74 Å². The summed E-state index contributed by atoms with van der Waals surface area (Å²) in [5, 5.41) is 1.06. The molecule has 0 saturated heterocycles. The zero-order valence-electron chi connectivity index (χ0n) is 10.1. The Morgan fingerprint density at radius 1 is 1.35 bits per heavy atom. The maximum atomic E-state index is 11.4. The van der Waals surface area contributed by atoms with E-state index in [1.807, 2.05) is 38.2 Å². The predicted molar refractivity (Wildman–Crippen MR) is 66.8 cm³/mol. The lowest BCUT2D eigenvalue weighted by molar-refractivity contribution is -0.142. The number of esters is 1. The van der Waals surface area contributed by atoms with Gasteiger partial charge in [-0.2, -0.15) is 0 Å².